The molecule has 2 nitrogen and oxygen atoms in total. The third kappa shape index (κ3) is 6.62. The van der Waals surface area contributed by atoms with Crippen molar-refractivity contribution >= 4 is 0 Å². The fourth-order valence-electron chi connectivity index (χ4n) is 1.42. The number of nitrogens with one attached hydrogen (secondary N) is 1. The molecule has 2 heteroatoms. The lowest BCUT2D eigenvalue weighted by Gasteiger charge is -2.17. The number of rotatable bonds is 7. The summed E-state index contributed by atoms with van der Waals surface area (Å²) in [6, 6.07) is 0.616. The molecule has 74 valence electrons. The molecule has 0 bridgehead atoms. The van der Waals surface area contributed by atoms with Crippen LogP contribution >= 0.6 is 0 Å². The maximum atomic E-state index is 5.35. The summed E-state index contributed by atoms with van der Waals surface area (Å²) in [5, 5.41) is 3.40. The molecule has 0 aliphatic heterocycles. The molecule has 0 heterocycles. The van der Waals surface area contributed by atoms with Crippen molar-refractivity contribution in [2.24, 2.45) is 5.92 Å². The third-order valence-corrected chi connectivity index (χ3v) is 1.92. The van der Waals surface area contributed by atoms with Gasteiger partial charge in [0.15, 0.2) is 0 Å². The van der Waals surface area contributed by atoms with Crippen LogP contribution in [0.25, 0.3) is 0 Å². The van der Waals surface area contributed by atoms with Gasteiger partial charge in [0.05, 0.1) is 0 Å². The van der Waals surface area contributed by atoms with Crippen molar-refractivity contribution < 1.29 is 4.74 Å². The SMILES string of the molecule is CCNC(C)CC(C)COCC. The second-order valence-electron chi connectivity index (χ2n) is 3.46. The van der Waals surface area contributed by atoms with Crippen molar-refractivity contribution in [1.29, 1.82) is 0 Å². The molecule has 0 spiro atoms. The predicted octanol–water partition coefficient (Wildman–Crippen LogP) is 2.05. The van der Waals surface area contributed by atoms with E-state index < -0.39 is 0 Å². The molecule has 2 atom stereocenters. The highest BCUT2D eigenvalue weighted by atomic mass is 16.5. The molecule has 0 aliphatic carbocycles. The Kier molecular flexibility index (Phi) is 7.51. The van der Waals surface area contributed by atoms with Crippen molar-refractivity contribution in [2.75, 3.05) is 19.8 Å². The third-order valence-electron chi connectivity index (χ3n) is 1.92. The molecule has 0 rings (SSSR count). The molecule has 0 aromatic rings. The molecule has 0 fully saturated rings. The number of ether oxygens (including phenoxy) is 1. The van der Waals surface area contributed by atoms with E-state index in [9.17, 15) is 0 Å². The van der Waals surface area contributed by atoms with E-state index in [1.807, 2.05) is 6.92 Å². The minimum atomic E-state index is 0.616. The standard InChI is InChI=1S/C10H23NO/c1-5-11-10(4)7-9(3)8-12-6-2/h9-11H,5-8H2,1-4H3. The van der Waals surface area contributed by atoms with Crippen LogP contribution in [0, 0.1) is 5.92 Å². The topological polar surface area (TPSA) is 21.3 Å². The van der Waals surface area contributed by atoms with Crippen LogP contribution in [0.4, 0.5) is 0 Å². The van der Waals surface area contributed by atoms with E-state index in [0.717, 1.165) is 19.8 Å². The summed E-state index contributed by atoms with van der Waals surface area (Å²) in [5.74, 6) is 0.666. The Balaban J connectivity index is 3.33. The maximum Gasteiger partial charge on any atom is 0.0492 e. The molecular formula is C10H23NO. The lowest BCUT2D eigenvalue weighted by molar-refractivity contribution is 0.110. The summed E-state index contributed by atoms with van der Waals surface area (Å²) in [6.07, 6.45) is 1.20. The summed E-state index contributed by atoms with van der Waals surface area (Å²) in [6.45, 7) is 11.4. The van der Waals surface area contributed by atoms with Crippen LogP contribution in [0.5, 0.6) is 0 Å². The van der Waals surface area contributed by atoms with E-state index in [4.69, 9.17) is 4.74 Å². The average Bonchev–Trinajstić information content (AvgIpc) is 2.01. The summed E-state index contributed by atoms with van der Waals surface area (Å²) in [7, 11) is 0. The van der Waals surface area contributed by atoms with Gasteiger partial charge in [-0.2, -0.15) is 0 Å². The van der Waals surface area contributed by atoms with E-state index in [-0.39, 0.29) is 0 Å². The van der Waals surface area contributed by atoms with Gasteiger partial charge < -0.3 is 10.1 Å². The monoisotopic (exact) mass is 173 g/mol. The molecule has 0 aliphatic rings. The van der Waals surface area contributed by atoms with Crippen LogP contribution in [-0.2, 0) is 4.74 Å². The van der Waals surface area contributed by atoms with Crippen LogP contribution in [0.2, 0.25) is 0 Å². The van der Waals surface area contributed by atoms with Gasteiger partial charge >= 0.3 is 0 Å². The molecule has 0 aromatic carbocycles. The fraction of sp³-hybridized carbons (Fsp3) is 1.00. The highest BCUT2D eigenvalue weighted by Crippen LogP contribution is 2.05. The first-order valence-electron chi connectivity index (χ1n) is 5.01. The Morgan fingerprint density at radius 2 is 1.92 bits per heavy atom. The molecule has 2 unspecified atom stereocenters. The van der Waals surface area contributed by atoms with Gasteiger partial charge in [-0.25, -0.2) is 0 Å². The molecule has 1 N–H and O–H groups in total. The van der Waals surface area contributed by atoms with E-state index in [2.05, 4.69) is 26.1 Å². The van der Waals surface area contributed by atoms with Crippen LogP contribution in [0.3, 0.4) is 0 Å². The molecule has 0 saturated carbocycles. The highest BCUT2D eigenvalue weighted by molar-refractivity contribution is 4.63. The minimum absolute atomic E-state index is 0.616. The van der Waals surface area contributed by atoms with Crippen LogP contribution in [0.1, 0.15) is 34.1 Å². The van der Waals surface area contributed by atoms with Crippen molar-refractivity contribution in [1.82, 2.24) is 5.32 Å². The fourth-order valence-corrected chi connectivity index (χ4v) is 1.42. The second-order valence-corrected chi connectivity index (χ2v) is 3.46. The Bertz CT molecular complexity index is 95.8. The van der Waals surface area contributed by atoms with Gasteiger partial charge in [-0.15, -0.1) is 0 Å². The maximum absolute atomic E-state index is 5.35. The van der Waals surface area contributed by atoms with Gasteiger partial charge in [0.2, 0.25) is 0 Å². The zero-order valence-electron chi connectivity index (χ0n) is 8.89. The molecule has 0 radical (unpaired) electrons. The van der Waals surface area contributed by atoms with Gasteiger partial charge in [0.25, 0.3) is 0 Å². The predicted molar refractivity (Wildman–Crippen MR) is 53.4 cm³/mol. The smallest absolute Gasteiger partial charge is 0.0492 e. The molecule has 12 heavy (non-hydrogen) atoms. The largest absolute Gasteiger partial charge is 0.381 e. The van der Waals surface area contributed by atoms with E-state index in [1.165, 1.54) is 6.42 Å². The summed E-state index contributed by atoms with van der Waals surface area (Å²) < 4.78 is 5.35. The highest BCUT2D eigenvalue weighted by Gasteiger charge is 2.06. The van der Waals surface area contributed by atoms with Gasteiger partial charge in [-0.1, -0.05) is 13.8 Å². The Morgan fingerprint density at radius 3 is 2.42 bits per heavy atom. The lowest BCUT2D eigenvalue weighted by Crippen LogP contribution is -2.28. The second kappa shape index (κ2) is 7.56. The van der Waals surface area contributed by atoms with Gasteiger partial charge in [0, 0.05) is 19.3 Å². The first kappa shape index (κ1) is 11.9. The van der Waals surface area contributed by atoms with Crippen LogP contribution < -0.4 is 5.32 Å². The Labute approximate surface area is 76.7 Å². The number of hydrogen-bond donors (Lipinski definition) is 1. The summed E-state index contributed by atoms with van der Waals surface area (Å²) in [5.41, 5.74) is 0. The number of hydrogen-bond acceptors (Lipinski definition) is 2. The van der Waals surface area contributed by atoms with Crippen molar-refractivity contribution in [2.45, 2.75) is 40.2 Å². The van der Waals surface area contributed by atoms with Gasteiger partial charge in [-0.3, -0.25) is 0 Å². The van der Waals surface area contributed by atoms with Crippen LogP contribution in [0.15, 0.2) is 0 Å². The van der Waals surface area contributed by atoms with E-state index in [1.54, 1.807) is 0 Å². The molecule has 0 aromatic heterocycles. The zero-order valence-corrected chi connectivity index (χ0v) is 8.89. The first-order valence-corrected chi connectivity index (χ1v) is 5.01. The van der Waals surface area contributed by atoms with Gasteiger partial charge in [-0.05, 0) is 32.7 Å². The lowest BCUT2D eigenvalue weighted by atomic mass is 10.0. The van der Waals surface area contributed by atoms with E-state index >= 15 is 0 Å². The Hall–Kier alpha value is -0.0800. The summed E-state index contributed by atoms with van der Waals surface area (Å²) in [4.78, 5) is 0. The average molecular weight is 173 g/mol. The van der Waals surface area contributed by atoms with Crippen molar-refractivity contribution in [3.05, 3.63) is 0 Å². The minimum Gasteiger partial charge on any atom is -0.381 e. The van der Waals surface area contributed by atoms with Crippen molar-refractivity contribution in [3.63, 3.8) is 0 Å². The molecule has 0 saturated heterocycles. The zero-order chi connectivity index (χ0) is 9.40. The quantitative estimate of drug-likeness (QED) is 0.636. The summed E-state index contributed by atoms with van der Waals surface area (Å²) >= 11 is 0. The van der Waals surface area contributed by atoms with Crippen LogP contribution in [-0.4, -0.2) is 25.8 Å². The first-order chi connectivity index (χ1) is 5.70. The van der Waals surface area contributed by atoms with E-state index in [0.29, 0.717) is 12.0 Å². The Morgan fingerprint density at radius 1 is 1.25 bits per heavy atom. The van der Waals surface area contributed by atoms with Gasteiger partial charge in [0.1, 0.15) is 0 Å². The molecular weight excluding hydrogens is 150 g/mol. The normalized spacial score (nSPS) is 16.0. The van der Waals surface area contributed by atoms with Crippen molar-refractivity contribution in [3.8, 4) is 0 Å². The molecule has 0 amide bonds.